The summed E-state index contributed by atoms with van der Waals surface area (Å²) in [5.74, 6) is 0.884. The van der Waals surface area contributed by atoms with E-state index in [2.05, 4.69) is 0 Å². The zero-order chi connectivity index (χ0) is 12.0. The van der Waals surface area contributed by atoms with Gasteiger partial charge in [-0.1, -0.05) is 12.1 Å². The van der Waals surface area contributed by atoms with Crippen molar-refractivity contribution < 1.29 is 14.3 Å². The van der Waals surface area contributed by atoms with Gasteiger partial charge in [-0.15, -0.1) is 11.8 Å². The molecule has 0 aromatic heterocycles. The van der Waals surface area contributed by atoms with E-state index in [4.69, 9.17) is 9.47 Å². The topological polar surface area (TPSA) is 35.5 Å². The first-order chi connectivity index (χ1) is 7.63. The Labute approximate surface area is 100 Å². The molecule has 0 amide bonds. The Kier molecular flexibility index (Phi) is 5.19. The van der Waals surface area contributed by atoms with Crippen LogP contribution in [-0.4, -0.2) is 24.9 Å². The van der Waals surface area contributed by atoms with Crippen LogP contribution >= 0.6 is 11.8 Å². The van der Waals surface area contributed by atoms with Crippen LogP contribution in [0.4, 0.5) is 0 Å². The molecule has 0 radical (unpaired) electrons. The summed E-state index contributed by atoms with van der Waals surface area (Å²) in [5, 5.41) is 0. The second kappa shape index (κ2) is 6.43. The smallest absolute Gasteiger partial charge is 0.316 e. The number of benzene rings is 1. The lowest BCUT2D eigenvalue weighted by molar-refractivity contribution is -0.144. The molecule has 0 aliphatic carbocycles. The van der Waals surface area contributed by atoms with Crippen LogP contribution in [0.25, 0.3) is 0 Å². The van der Waals surface area contributed by atoms with Gasteiger partial charge in [-0.25, -0.2) is 0 Å². The van der Waals surface area contributed by atoms with Crippen molar-refractivity contribution in [1.82, 2.24) is 0 Å². The Bertz CT molecular complexity index is 350. The van der Waals surface area contributed by atoms with Gasteiger partial charge < -0.3 is 9.47 Å². The van der Waals surface area contributed by atoms with Crippen molar-refractivity contribution in [2.75, 3.05) is 12.9 Å². The highest BCUT2D eigenvalue weighted by Gasteiger charge is 2.08. The summed E-state index contributed by atoms with van der Waals surface area (Å²) in [7, 11) is 1.62. The highest BCUT2D eigenvalue weighted by atomic mass is 32.2. The first-order valence-corrected chi connectivity index (χ1v) is 6.07. The zero-order valence-electron chi connectivity index (χ0n) is 9.73. The normalized spacial score (nSPS) is 10.2. The molecular weight excluding hydrogens is 224 g/mol. The van der Waals surface area contributed by atoms with Gasteiger partial charge in [-0.05, 0) is 26.0 Å². The van der Waals surface area contributed by atoms with Crippen LogP contribution in [-0.2, 0) is 9.53 Å². The van der Waals surface area contributed by atoms with Gasteiger partial charge in [0.2, 0.25) is 0 Å². The molecule has 0 saturated carbocycles. The molecule has 0 spiro atoms. The van der Waals surface area contributed by atoms with E-state index in [1.54, 1.807) is 7.11 Å². The number of hydrogen-bond acceptors (Lipinski definition) is 4. The Morgan fingerprint density at radius 2 is 2.06 bits per heavy atom. The molecule has 88 valence electrons. The van der Waals surface area contributed by atoms with E-state index < -0.39 is 0 Å². The molecule has 0 bridgehead atoms. The number of para-hydroxylation sites is 1. The van der Waals surface area contributed by atoms with Crippen molar-refractivity contribution in [3.63, 3.8) is 0 Å². The molecule has 16 heavy (non-hydrogen) atoms. The second-order valence-corrected chi connectivity index (χ2v) is 4.50. The molecule has 0 atom stereocenters. The number of carbonyl (C=O) groups excluding carboxylic acids is 1. The van der Waals surface area contributed by atoms with E-state index in [0.717, 1.165) is 10.6 Å². The highest BCUT2D eigenvalue weighted by molar-refractivity contribution is 8.00. The van der Waals surface area contributed by atoms with Gasteiger partial charge in [0, 0.05) is 4.90 Å². The molecular formula is C12H16O3S. The lowest BCUT2D eigenvalue weighted by atomic mass is 10.3. The molecule has 1 aromatic carbocycles. The van der Waals surface area contributed by atoms with Gasteiger partial charge in [-0.2, -0.15) is 0 Å². The maximum absolute atomic E-state index is 11.3. The SMILES string of the molecule is COc1ccccc1SCC(=O)OC(C)C. The first kappa shape index (κ1) is 12.9. The van der Waals surface area contributed by atoms with Gasteiger partial charge in [-0.3, -0.25) is 4.79 Å². The van der Waals surface area contributed by atoms with E-state index in [9.17, 15) is 4.79 Å². The molecule has 0 unspecified atom stereocenters. The van der Waals surface area contributed by atoms with Crippen molar-refractivity contribution in [2.24, 2.45) is 0 Å². The highest BCUT2D eigenvalue weighted by Crippen LogP contribution is 2.28. The van der Waals surface area contributed by atoms with Crippen molar-refractivity contribution in [3.05, 3.63) is 24.3 Å². The van der Waals surface area contributed by atoms with Crippen LogP contribution in [0, 0.1) is 0 Å². The first-order valence-electron chi connectivity index (χ1n) is 5.08. The van der Waals surface area contributed by atoms with Gasteiger partial charge in [0.15, 0.2) is 0 Å². The lowest BCUT2D eigenvalue weighted by Crippen LogP contribution is -2.13. The maximum Gasteiger partial charge on any atom is 0.316 e. The van der Waals surface area contributed by atoms with Gasteiger partial charge >= 0.3 is 5.97 Å². The van der Waals surface area contributed by atoms with Crippen molar-refractivity contribution in [2.45, 2.75) is 24.8 Å². The van der Waals surface area contributed by atoms with Crippen LogP contribution in [0.2, 0.25) is 0 Å². The summed E-state index contributed by atoms with van der Waals surface area (Å²) in [6.45, 7) is 3.68. The predicted octanol–water partition coefficient (Wildman–Crippen LogP) is 2.74. The second-order valence-electron chi connectivity index (χ2n) is 3.48. The molecule has 0 saturated heterocycles. The summed E-state index contributed by atoms with van der Waals surface area (Å²) >= 11 is 1.42. The van der Waals surface area contributed by atoms with E-state index in [-0.39, 0.29) is 12.1 Å². The minimum absolute atomic E-state index is 0.0641. The quantitative estimate of drug-likeness (QED) is 0.585. The van der Waals surface area contributed by atoms with Gasteiger partial charge in [0.1, 0.15) is 5.75 Å². The van der Waals surface area contributed by atoms with E-state index in [0.29, 0.717) is 5.75 Å². The fraction of sp³-hybridized carbons (Fsp3) is 0.417. The van der Waals surface area contributed by atoms with E-state index >= 15 is 0 Å². The third kappa shape index (κ3) is 4.14. The largest absolute Gasteiger partial charge is 0.496 e. The lowest BCUT2D eigenvalue weighted by Gasteiger charge is -2.09. The van der Waals surface area contributed by atoms with Crippen LogP contribution < -0.4 is 4.74 Å². The average Bonchev–Trinajstić information content (AvgIpc) is 2.26. The summed E-state index contributed by atoms with van der Waals surface area (Å²) in [6, 6.07) is 7.61. The average molecular weight is 240 g/mol. The number of ether oxygens (including phenoxy) is 2. The molecule has 1 rings (SSSR count). The Morgan fingerprint density at radius 3 is 2.69 bits per heavy atom. The zero-order valence-corrected chi connectivity index (χ0v) is 10.5. The molecule has 1 aromatic rings. The predicted molar refractivity (Wildman–Crippen MR) is 64.9 cm³/mol. The fourth-order valence-electron chi connectivity index (χ4n) is 1.17. The molecule has 0 aliphatic heterocycles. The van der Waals surface area contributed by atoms with Crippen LogP contribution in [0.1, 0.15) is 13.8 Å². The van der Waals surface area contributed by atoms with Gasteiger partial charge in [0.25, 0.3) is 0 Å². The fourth-order valence-corrected chi connectivity index (χ4v) is 1.98. The Hall–Kier alpha value is -1.16. The minimum Gasteiger partial charge on any atom is -0.496 e. The number of hydrogen-bond donors (Lipinski definition) is 0. The van der Waals surface area contributed by atoms with Gasteiger partial charge in [0.05, 0.1) is 19.0 Å². The number of esters is 1. The molecule has 0 fully saturated rings. The third-order valence-corrected chi connectivity index (χ3v) is 2.81. The number of methoxy groups -OCH3 is 1. The van der Waals surface area contributed by atoms with Crippen molar-refractivity contribution in [3.8, 4) is 5.75 Å². The summed E-state index contributed by atoms with van der Waals surface area (Å²) in [5.41, 5.74) is 0. The van der Waals surface area contributed by atoms with Crippen LogP contribution in [0.3, 0.4) is 0 Å². The summed E-state index contributed by atoms with van der Waals surface area (Å²) < 4.78 is 10.2. The molecule has 0 N–H and O–H groups in total. The monoisotopic (exact) mass is 240 g/mol. The van der Waals surface area contributed by atoms with E-state index in [1.165, 1.54) is 11.8 Å². The van der Waals surface area contributed by atoms with E-state index in [1.807, 2.05) is 38.1 Å². The Morgan fingerprint density at radius 1 is 1.38 bits per heavy atom. The number of rotatable bonds is 5. The Balaban J connectivity index is 2.51. The molecule has 4 heteroatoms. The van der Waals surface area contributed by atoms with Crippen molar-refractivity contribution in [1.29, 1.82) is 0 Å². The maximum atomic E-state index is 11.3. The van der Waals surface area contributed by atoms with Crippen LogP contribution in [0.5, 0.6) is 5.75 Å². The number of carbonyl (C=O) groups is 1. The standard InChI is InChI=1S/C12H16O3S/c1-9(2)15-12(13)8-16-11-7-5-4-6-10(11)14-3/h4-7,9H,8H2,1-3H3. The number of thioether (sulfide) groups is 1. The third-order valence-electron chi connectivity index (χ3n) is 1.78. The van der Waals surface area contributed by atoms with Crippen molar-refractivity contribution >= 4 is 17.7 Å². The molecule has 0 aliphatic rings. The summed E-state index contributed by atoms with van der Waals surface area (Å²) in [6.07, 6.45) is -0.0641. The molecule has 0 heterocycles. The summed E-state index contributed by atoms with van der Waals surface area (Å²) in [4.78, 5) is 12.3. The van der Waals surface area contributed by atoms with Crippen LogP contribution in [0.15, 0.2) is 29.2 Å². The molecule has 3 nitrogen and oxygen atoms in total. The minimum atomic E-state index is -0.203.